The lowest BCUT2D eigenvalue weighted by atomic mass is 9.89. The van der Waals surface area contributed by atoms with Crippen LogP contribution in [0.4, 0.5) is 0 Å². The maximum absolute atomic E-state index is 13.2. The van der Waals surface area contributed by atoms with Gasteiger partial charge in [-0.15, -0.1) is 0 Å². The minimum atomic E-state index is -0.307. The van der Waals surface area contributed by atoms with Gasteiger partial charge in [-0.1, -0.05) is 43.2 Å². The fourth-order valence-corrected chi connectivity index (χ4v) is 5.78. The van der Waals surface area contributed by atoms with E-state index in [2.05, 4.69) is 16.4 Å². The summed E-state index contributed by atoms with van der Waals surface area (Å²) < 4.78 is 11.3. The number of carbonyl (C=O) groups is 2. The van der Waals surface area contributed by atoms with Crippen molar-refractivity contribution in [1.29, 1.82) is 0 Å². The van der Waals surface area contributed by atoms with Gasteiger partial charge in [-0.2, -0.15) is 0 Å². The lowest BCUT2D eigenvalue weighted by Crippen LogP contribution is -2.38. The van der Waals surface area contributed by atoms with Gasteiger partial charge in [-0.3, -0.25) is 9.59 Å². The summed E-state index contributed by atoms with van der Waals surface area (Å²) >= 11 is 0. The van der Waals surface area contributed by atoms with Crippen LogP contribution < -0.4 is 14.8 Å². The highest BCUT2D eigenvalue weighted by atomic mass is 16.5. The SMILES string of the molecule is COc1cccc(C(CNC(=O)C2CC(=O)N(C3CCCC3)C2)c2c[nH]c3ccccc23)c1OC. The molecule has 1 saturated carbocycles. The van der Waals surface area contributed by atoms with E-state index in [-0.39, 0.29) is 23.7 Å². The standard InChI is InChI=1S/C28H33N3O4/c1-34-25-13-7-11-21(27(25)35-2)23(22-15-29-24-12-6-5-10-20(22)24)16-30-28(33)18-14-26(32)31(17-18)19-8-3-4-9-19/h5-7,10-13,15,18-19,23,29H,3-4,8-9,14,16-17H2,1-2H3,(H,30,33). The summed E-state index contributed by atoms with van der Waals surface area (Å²) in [7, 11) is 3.26. The maximum atomic E-state index is 13.2. The van der Waals surface area contributed by atoms with Crippen molar-refractivity contribution in [2.45, 2.75) is 44.1 Å². The van der Waals surface area contributed by atoms with Crippen LogP contribution in [-0.2, 0) is 9.59 Å². The Morgan fingerprint density at radius 2 is 1.89 bits per heavy atom. The molecule has 2 aromatic carbocycles. The quantitative estimate of drug-likeness (QED) is 0.511. The second-order valence-corrected chi connectivity index (χ2v) is 9.56. The average molecular weight is 476 g/mol. The van der Waals surface area contributed by atoms with E-state index in [0.717, 1.165) is 34.9 Å². The Hall–Kier alpha value is -3.48. The highest BCUT2D eigenvalue weighted by Crippen LogP contribution is 2.40. The second kappa shape index (κ2) is 10.0. The van der Waals surface area contributed by atoms with E-state index in [1.165, 1.54) is 12.8 Å². The van der Waals surface area contributed by atoms with Crippen LogP contribution in [0.25, 0.3) is 10.9 Å². The molecule has 2 N–H and O–H groups in total. The minimum Gasteiger partial charge on any atom is -0.493 e. The molecular weight excluding hydrogens is 442 g/mol. The molecule has 2 atom stereocenters. The topological polar surface area (TPSA) is 83.7 Å². The van der Waals surface area contributed by atoms with Crippen LogP contribution in [-0.4, -0.2) is 55.0 Å². The first kappa shape index (κ1) is 23.3. The molecule has 7 heteroatoms. The van der Waals surface area contributed by atoms with Gasteiger partial charge >= 0.3 is 0 Å². The number of carbonyl (C=O) groups excluding carboxylic acids is 2. The van der Waals surface area contributed by atoms with Gasteiger partial charge in [0.25, 0.3) is 0 Å². The van der Waals surface area contributed by atoms with Gasteiger partial charge in [0.2, 0.25) is 11.8 Å². The number of amides is 2. The van der Waals surface area contributed by atoms with Gasteiger partial charge in [0.15, 0.2) is 11.5 Å². The summed E-state index contributed by atoms with van der Waals surface area (Å²) in [5.74, 6) is 0.880. The first-order valence-corrected chi connectivity index (χ1v) is 12.4. The summed E-state index contributed by atoms with van der Waals surface area (Å²) in [6.45, 7) is 0.911. The summed E-state index contributed by atoms with van der Waals surface area (Å²) in [4.78, 5) is 31.2. The molecule has 0 spiro atoms. The number of aromatic amines is 1. The molecule has 1 aromatic heterocycles. The van der Waals surface area contributed by atoms with Crippen LogP contribution >= 0.6 is 0 Å². The van der Waals surface area contributed by atoms with Crippen molar-refractivity contribution in [3.05, 3.63) is 59.8 Å². The number of methoxy groups -OCH3 is 2. The van der Waals surface area contributed by atoms with Crippen molar-refractivity contribution in [3.63, 3.8) is 0 Å². The first-order chi connectivity index (χ1) is 17.1. The van der Waals surface area contributed by atoms with Crippen LogP contribution in [0.5, 0.6) is 11.5 Å². The Kier molecular flexibility index (Phi) is 6.66. The predicted molar refractivity (Wildman–Crippen MR) is 135 cm³/mol. The molecule has 1 aliphatic heterocycles. The molecule has 2 aliphatic rings. The van der Waals surface area contributed by atoms with Crippen LogP contribution in [0.3, 0.4) is 0 Å². The minimum absolute atomic E-state index is 0.0643. The van der Waals surface area contributed by atoms with E-state index >= 15 is 0 Å². The van der Waals surface area contributed by atoms with Gasteiger partial charge in [0.1, 0.15) is 0 Å². The van der Waals surface area contributed by atoms with E-state index in [1.807, 2.05) is 47.5 Å². The third-order valence-electron chi connectivity index (χ3n) is 7.58. The van der Waals surface area contributed by atoms with Crippen molar-refractivity contribution in [3.8, 4) is 11.5 Å². The van der Waals surface area contributed by atoms with Crippen LogP contribution in [0.15, 0.2) is 48.7 Å². The van der Waals surface area contributed by atoms with Gasteiger partial charge in [0, 0.05) is 54.1 Å². The Labute approximate surface area is 205 Å². The summed E-state index contributed by atoms with van der Waals surface area (Å²) in [6.07, 6.45) is 6.74. The number of H-pyrrole nitrogens is 1. The number of para-hydroxylation sites is 2. The number of hydrogen-bond donors (Lipinski definition) is 2. The summed E-state index contributed by atoms with van der Waals surface area (Å²) in [5, 5.41) is 4.27. The van der Waals surface area contributed by atoms with Crippen molar-refractivity contribution >= 4 is 22.7 Å². The molecule has 7 nitrogen and oxygen atoms in total. The number of nitrogens with one attached hydrogen (secondary N) is 2. The Balaban J connectivity index is 1.40. The van der Waals surface area contributed by atoms with Gasteiger partial charge < -0.3 is 24.7 Å². The van der Waals surface area contributed by atoms with E-state index in [0.29, 0.717) is 37.1 Å². The fourth-order valence-electron chi connectivity index (χ4n) is 5.78. The van der Waals surface area contributed by atoms with Gasteiger partial charge in [0.05, 0.1) is 20.1 Å². The third-order valence-corrected chi connectivity index (χ3v) is 7.58. The van der Waals surface area contributed by atoms with Gasteiger partial charge in [-0.05, 0) is 30.5 Å². The van der Waals surface area contributed by atoms with Crippen LogP contribution in [0, 0.1) is 5.92 Å². The molecule has 1 saturated heterocycles. The first-order valence-electron chi connectivity index (χ1n) is 12.4. The number of aromatic nitrogens is 1. The second-order valence-electron chi connectivity index (χ2n) is 9.56. The zero-order valence-electron chi connectivity index (χ0n) is 20.4. The number of ether oxygens (including phenoxy) is 2. The number of rotatable bonds is 8. The molecule has 35 heavy (non-hydrogen) atoms. The van der Waals surface area contributed by atoms with Crippen molar-refractivity contribution in [1.82, 2.24) is 15.2 Å². The summed E-state index contributed by atoms with van der Waals surface area (Å²) in [5.41, 5.74) is 3.05. The smallest absolute Gasteiger partial charge is 0.225 e. The third kappa shape index (κ3) is 4.47. The lowest BCUT2D eigenvalue weighted by Gasteiger charge is -2.24. The van der Waals surface area contributed by atoms with E-state index in [1.54, 1.807) is 14.2 Å². The Morgan fingerprint density at radius 1 is 1.09 bits per heavy atom. The average Bonchev–Trinajstić information content (AvgIpc) is 3.64. The zero-order chi connectivity index (χ0) is 24.4. The number of nitrogens with zero attached hydrogens (tertiary/aromatic N) is 1. The fraction of sp³-hybridized carbons (Fsp3) is 0.429. The van der Waals surface area contributed by atoms with E-state index in [4.69, 9.17) is 9.47 Å². The molecule has 1 aliphatic carbocycles. The molecular formula is C28H33N3O4. The van der Waals surface area contributed by atoms with Crippen molar-refractivity contribution in [2.75, 3.05) is 27.3 Å². The normalized spacial score (nSPS) is 19.3. The van der Waals surface area contributed by atoms with Crippen molar-refractivity contribution in [2.24, 2.45) is 5.92 Å². The monoisotopic (exact) mass is 475 g/mol. The largest absolute Gasteiger partial charge is 0.493 e. The van der Waals surface area contributed by atoms with E-state index < -0.39 is 0 Å². The van der Waals surface area contributed by atoms with E-state index in [9.17, 15) is 9.59 Å². The molecule has 3 aromatic rings. The molecule has 0 radical (unpaired) electrons. The number of likely N-dealkylation sites (tertiary alicyclic amines) is 1. The van der Waals surface area contributed by atoms with Crippen LogP contribution in [0.2, 0.25) is 0 Å². The highest BCUT2D eigenvalue weighted by Gasteiger charge is 2.39. The molecule has 2 amide bonds. The summed E-state index contributed by atoms with van der Waals surface area (Å²) in [6, 6.07) is 14.3. The molecule has 0 bridgehead atoms. The molecule has 5 rings (SSSR count). The van der Waals surface area contributed by atoms with Gasteiger partial charge in [-0.25, -0.2) is 0 Å². The lowest BCUT2D eigenvalue weighted by molar-refractivity contribution is -0.130. The zero-order valence-corrected chi connectivity index (χ0v) is 20.4. The molecule has 2 fully saturated rings. The predicted octanol–water partition coefficient (Wildman–Crippen LogP) is 4.22. The maximum Gasteiger partial charge on any atom is 0.225 e. The molecule has 2 unspecified atom stereocenters. The number of benzene rings is 2. The molecule has 2 heterocycles. The van der Waals surface area contributed by atoms with Crippen LogP contribution in [0.1, 0.15) is 49.1 Å². The molecule has 184 valence electrons. The Bertz CT molecular complexity index is 1210. The Morgan fingerprint density at radius 3 is 2.66 bits per heavy atom. The highest BCUT2D eigenvalue weighted by molar-refractivity contribution is 5.90. The number of hydrogen-bond acceptors (Lipinski definition) is 4. The van der Waals surface area contributed by atoms with Crippen molar-refractivity contribution < 1.29 is 19.1 Å². The number of fused-ring (bicyclic) bond motifs is 1.